The van der Waals surface area contributed by atoms with Crippen LogP contribution in [0.2, 0.25) is 5.02 Å². The van der Waals surface area contributed by atoms with E-state index >= 15 is 4.39 Å². The van der Waals surface area contributed by atoms with Gasteiger partial charge in [-0.15, -0.1) is 11.8 Å². The number of aryl methyl sites for hydroxylation is 1. The molecule has 10 heteroatoms. The number of carbonyl (C=O) groups is 1. The summed E-state index contributed by atoms with van der Waals surface area (Å²) in [6.45, 7) is 5.54. The van der Waals surface area contributed by atoms with Gasteiger partial charge in [0.15, 0.2) is 11.3 Å². The van der Waals surface area contributed by atoms with E-state index in [2.05, 4.69) is 9.97 Å². The molecular formula is C24H21ClFN3O4S. The van der Waals surface area contributed by atoms with Crippen LogP contribution in [0.15, 0.2) is 52.2 Å². The second-order valence-electron chi connectivity index (χ2n) is 8.14. The normalized spacial score (nSPS) is 11.7. The fourth-order valence-corrected chi connectivity index (χ4v) is 5.19. The number of carboxylic acid groups (broad SMARTS) is 1. The van der Waals surface area contributed by atoms with Gasteiger partial charge in [-0.3, -0.25) is 0 Å². The summed E-state index contributed by atoms with van der Waals surface area (Å²) < 4.78 is 21.1. The Morgan fingerprint density at radius 1 is 1.26 bits per heavy atom. The van der Waals surface area contributed by atoms with Crippen LogP contribution in [0.1, 0.15) is 35.5 Å². The lowest BCUT2D eigenvalue weighted by molar-refractivity contribution is 0.0690. The Morgan fingerprint density at radius 2 is 1.97 bits per heavy atom. The Hall–Kier alpha value is -3.30. The monoisotopic (exact) mass is 501 g/mol. The van der Waals surface area contributed by atoms with Crippen molar-refractivity contribution < 1.29 is 19.0 Å². The van der Waals surface area contributed by atoms with E-state index in [1.807, 2.05) is 38.1 Å². The quantitative estimate of drug-likeness (QED) is 0.336. The van der Waals surface area contributed by atoms with Crippen LogP contribution in [0, 0.1) is 12.7 Å². The second kappa shape index (κ2) is 8.81. The number of para-hydroxylation sites is 1. The molecule has 0 aliphatic rings. The molecule has 176 valence electrons. The minimum Gasteiger partial charge on any atom is -0.496 e. The zero-order valence-corrected chi connectivity index (χ0v) is 20.3. The number of imidazole rings is 1. The van der Waals surface area contributed by atoms with Gasteiger partial charge in [0.1, 0.15) is 11.6 Å². The molecule has 0 aliphatic heterocycles. The standard InChI is InChI=1S/C24H21ClFN3O4S/c1-12-9-16(22(30)31)27-21-20(12)28-23(32)29(21)17-11-19(15(26)10-14(17)25)34-24(2,3)13-7-5-6-8-18(13)33-4/h5-11H,1-4H3,(H,28,32)(H,30,31). The van der Waals surface area contributed by atoms with Gasteiger partial charge in [-0.2, -0.15) is 0 Å². The van der Waals surface area contributed by atoms with Crippen LogP contribution in [-0.4, -0.2) is 32.7 Å². The predicted molar refractivity (Wildman–Crippen MR) is 130 cm³/mol. The maximum absolute atomic E-state index is 15.0. The number of hydrogen-bond donors (Lipinski definition) is 2. The summed E-state index contributed by atoms with van der Waals surface area (Å²) in [6, 6.07) is 11.5. The van der Waals surface area contributed by atoms with Gasteiger partial charge in [-0.1, -0.05) is 29.8 Å². The van der Waals surface area contributed by atoms with Crippen LogP contribution < -0.4 is 10.4 Å². The summed E-state index contributed by atoms with van der Waals surface area (Å²) in [5, 5.41) is 9.39. The first-order valence-corrected chi connectivity index (χ1v) is 11.4. The number of methoxy groups -OCH3 is 1. The lowest BCUT2D eigenvalue weighted by Gasteiger charge is -2.27. The fraction of sp³-hybridized carbons (Fsp3) is 0.208. The molecule has 0 atom stereocenters. The number of benzene rings is 2. The van der Waals surface area contributed by atoms with E-state index in [1.54, 1.807) is 14.0 Å². The van der Waals surface area contributed by atoms with E-state index in [0.29, 0.717) is 16.8 Å². The lowest BCUT2D eigenvalue weighted by atomic mass is 10.0. The molecule has 2 aromatic heterocycles. The van der Waals surface area contributed by atoms with E-state index in [0.717, 1.165) is 16.2 Å². The topological polar surface area (TPSA) is 97.2 Å². The summed E-state index contributed by atoms with van der Waals surface area (Å²) >= 11 is 7.60. The molecule has 0 bridgehead atoms. The third-order valence-electron chi connectivity index (χ3n) is 5.43. The molecule has 0 saturated carbocycles. The third-order valence-corrected chi connectivity index (χ3v) is 6.99. The number of aromatic amines is 1. The van der Waals surface area contributed by atoms with E-state index < -0.39 is 22.2 Å². The number of pyridine rings is 1. The SMILES string of the molecule is COc1ccccc1C(C)(C)Sc1cc(-n2c(=O)[nH]c3c(C)cc(C(=O)O)nc32)c(Cl)cc1F. The highest BCUT2D eigenvalue weighted by molar-refractivity contribution is 8.00. The molecule has 0 amide bonds. The van der Waals surface area contributed by atoms with Crippen molar-refractivity contribution in [1.29, 1.82) is 0 Å². The van der Waals surface area contributed by atoms with Crippen molar-refractivity contribution in [3.63, 3.8) is 0 Å². The van der Waals surface area contributed by atoms with Gasteiger partial charge in [-0.25, -0.2) is 23.5 Å². The number of aromatic nitrogens is 3. The summed E-state index contributed by atoms with van der Waals surface area (Å²) in [4.78, 5) is 31.4. The summed E-state index contributed by atoms with van der Waals surface area (Å²) in [7, 11) is 1.57. The van der Waals surface area contributed by atoms with E-state index in [4.69, 9.17) is 16.3 Å². The number of nitrogens with zero attached hydrogens (tertiary/aromatic N) is 2. The first kappa shape index (κ1) is 23.8. The van der Waals surface area contributed by atoms with Crippen LogP contribution in [-0.2, 0) is 4.75 Å². The Morgan fingerprint density at radius 3 is 2.65 bits per heavy atom. The highest BCUT2D eigenvalue weighted by Gasteiger charge is 2.28. The molecular weight excluding hydrogens is 481 g/mol. The number of thioether (sulfide) groups is 1. The van der Waals surface area contributed by atoms with Crippen LogP contribution in [0.5, 0.6) is 5.75 Å². The highest BCUT2D eigenvalue weighted by atomic mass is 35.5. The Bertz CT molecular complexity index is 1500. The van der Waals surface area contributed by atoms with E-state index in [9.17, 15) is 14.7 Å². The maximum atomic E-state index is 15.0. The smallest absolute Gasteiger partial charge is 0.354 e. The largest absolute Gasteiger partial charge is 0.496 e. The number of H-pyrrole nitrogens is 1. The molecule has 0 fully saturated rings. The third kappa shape index (κ3) is 4.17. The zero-order valence-electron chi connectivity index (χ0n) is 18.8. The zero-order chi connectivity index (χ0) is 24.8. The number of ether oxygens (including phenoxy) is 1. The van der Waals surface area contributed by atoms with Gasteiger partial charge in [0, 0.05) is 15.2 Å². The molecule has 2 heterocycles. The number of carboxylic acids is 1. The summed E-state index contributed by atoms with van der Waals surface area (Å²) in [6.07, 6.45) is 0. The number of rotatable bonds is 6. The number of halogens is 2. The van der Waals surface area contributed by atoms with Gasteiger partial charge >= 0.3 is 11.7 Å². The molecule has 0 aliphatic carbocycles. The highest BCUT2D eigenvalue weighted by Crippen LogP contribution is 2.46. The fourth-order valence-electron chi connectivity index (χ4n) is 3.80. The summed E-state index contributed by atoms with van der Waals surface area (Å²) in [5.41, 5.74) is 1.26. The van der Waals surface area contributed by atoms with Crippen molar-refractivity contribution in [2.75, 3.05) is 7.11 Å². The van der Waals surface area contributed by atoms with Crippen molar-refractivity contribution in [2.45, 2.75) is 30.4 Å². The van der Waals surface area contributed by atoms with Gasteiger partial charge in [0.25, 0.3) is 0 Å². The van der Waals surface area contributed by atoms with Crippen molar-refractivity contribution in [3.05, 3.63) is 80.6 Å². The van der Waals surface area contributed by atoms with E-state index in [1.165, 1.54) is 23.9 Å². The molecule has 0 spiro atoms. The first-order chi connectivity index (χ1) is 16.0. The molecule has 4 aromatic rings. The first-order valence-electron chi connectivity index (χ1n) is 10.2. The molecule has 7 nitrogen and oxygen atoms in total. The summed E-state index contributed by atoms with van der Waals surface area (Å²) in [5.74, 6) is -1.11. The molecule has 4 rings (SSSR count). The van der Waals surface area contributed by atoms with Gasteiger partial charge in [0.05, 0.1) is 23.3 Å². The second-order valence-corrected chi connectivity index (χ2v) is 10.2. The molecule has 2 aromatic carbocycles. The van der Waals surface area contributed by atoms with E-state index in [-0.39, 0.29) is 26.9 Å². The predicted octanol–water partition coefficient (Wildman–Crippen LogP) is 5.55. The lowest BCUT2D eigenvalue weighted by Crippen LogP contribution is -2.17. The Labute approximate surface area is 203 Å². The average Bonchev–Trinajstić information content (AvgIpc) is 3.11. The minimum atomic E-state index is -1.23. The van der Waals surface area contributed by atoms with Crippen LogP contribution in [0.4, 0.5) is 4.39 Å². The van der Waals surface area contributed by atoms with Gasteiger partial charge in [-0.05, 0) is 50.6 Å². The molecule has 34 heavy (non-hydrogen) atoms. The molecule has 0 radical (unpaired) electrons. The van der Waals surface area contributed by atoms with Crippen molar-refractivity contribution >= 4 is 40.5 Å². The van der Waals surface area contributed by atoms with Crippen molar-refractivity contribution in [3.8, 4) is 11.4 Å². The van der Waals surface area contributed by atoms with Crippen LogP contribution in [0.25, 0.3) is 16.9 Å². The van der Waals surface area contributed by atoms with Crippen LogP contribution in [0.3, 0.4) is 0 Å². The molecule has 2 N–H and O–H groups in total. The Kier molecular flexibility index (Phi) is 6.18. The number of nitrogens with one attached hydrogen (secondary N) is 1. The van der Waals surface area contributed by atoms with Gasteiger partial charge < -0.3 is 14.8 Å². The molecule has 0 unspecified atom stereocenters. The van der Waals surface area contributed by atoms with Crippen molar-refractivity contribution in [2.24, 2.45) is 0 Å². The maximum Gasteiger partial charge on any atom is 0.354 e. The average molecular weight is 502 g/mol. The minimum absolute atomic E-state index is 0.0138. The van der Waals surface area contributed by atoms with Crippen LogP contribution >= 0.6 is 23.4 Å². The molecule has 0 saturated heterocycles. The van der Waals surface area contributed by atoms with Crippen molar-refractivity contribution in [1.82, 2.24) is 14.5 Å². The number of hydrogen-bond acceptors (Lipinski definition) is 5. The van der Waals surface area contributed by atoms with Gasteiger partial charge in [0.2, 0.25) is 0 Å². The number of aromatic carboxylic acids is 1. The Balaban J connectivity index is 1.88. The number of fused-ring (bicyclic) bond motifs is 1.